The van der Waals surface area contributed by atoms with Crippen molar-refractivity contribution >= 4 is 5.91 Å². The van der Waals surface area contributed by atoms with Gasteiger partial charge in [-0.2, -0.15) is 0 Å². The number of aryl methyl sites for hydroxylation is 1. The third kappa shape index (κ3) is 4.63. The standard InChI is InChI=1S/C19H23FN2O2/c1-14-8-9-15(10-17(14)20)11-21-18(24)12-22-19(2,13-23)16-6-4-3-5-7-16/h3-10,22-23H,11-13H2,1-2H3,(H,21,24)/t19-/m0/s1. The molecule has 5 heteroatoms. The minimum absolute atomic E-state index is 0.0559. The molecule has 1 atom stereocenters. The minimum atomic E-state index is -0.700. The van der Waals surface area contributed by atoms with Gasteiger partial charge in [0, 0.05) is 6.54 Å². The van der Waals surface area contributed by atoms with E-state index >= 15 is 0 Å². The van der Waals surface area contributed by atoms with Crippen LogP contribution in [0.5, 0.6) is 0 Å². The van der Waals surface area contributed by atoms with Crippen molar-refractivity contribution in [2.24, 2.45) is 0 Å². The zero-order chi connectivity index (χ0) is 17.6. The Bertz CT molecular complexity index is 691. The van der Waals surface area contributed by atoms with Crippen molar-refractivity contribution in [1.82, 2.24) is 10.6 Å². The lowest BCUT2D eigenvalue weighted by Gasteiger charge is -2.29. The summed E-state index contributed by atoms with van der Waals surface area (Å²) in [5, 5.41) is 15.5. The fraction of sp³-hybridized carbons (Fsp3) is 0.316. The molecule has 0 spiro atoms. The highest BCUT2D eigenvalue weighted by atomic mass is 19.1. The number of aliphatic hydroxyl groups excluding tert-OH is 1. The Balaban J connectivity index is 1.89. The van der Waals surface area contributed by atoms with Gasteiger partial charge in [0.1, 0.15) is 5.82 Å². The number of benzene rings is 2. The van der Waals surface area contributed by atoms with Gasteiger partial charge in [-0.3, -0.25) is 10.1 Å². The molecule has 1 amide bonds. The number of rotatable bonds is 7. The van der Waals surface area contributed by atoms with E-state index in [2.05, 4.69) is 10.6 Å². The number of hydrogen-bond donors (Lipinski definition) is 3. The summed E-state index contributed by atoms with van der Waals surface area (Å²) in [5.74, 6) is -0.497. The second-order valence-corrected chi connectivity index (χ2v) is 6.07. The summed E-state index contributed by atoms with van der Waals surface area (Å²) in [7, 11) is 0. The van der Waals surface area contributed by atoms with Crippen LogP contribution in [0.15, 0.2) is 48.5 Å². The normalized spacial score (nSPS) is 13.3. The molecule has 0 unspecified atom stereocenters. The molecule has 2 aromatic carbocycles. The van der Waals surface area contributed by atoms with E-state index in [1.807, 2.05) is 37.3 Å². The summed E-state index contributed by atoms with van der Waals surface area (Å²) < 4.78 is 13.5. The maximum Gasteiger partial charge on any atom is 0.234 e. The lowest BCUT2D eigenvalue weighted by Crippen LogP contribution is -2.47. The number of halogens is 1. The van der Waals surface area contributed by atoms with Crippen LogP contribution in [0.25, 0.3) is 0 Å². The molecule has 0 saturated heterocycles. The zero-order valence-electron chi connectivity index (χ0n) is 14.0. The third-order valence-electron chi connectivity index (χ3n) is 4.09. The van der Waals surface area contributed by atoms with Crippen LogP contribution in [-0.2, 0) is 16.9 Å². The summed E-state index contributed by atoms with van der Waals surface area (Å²) in [6.45, 7) is 3.72. The second-order valence-electron chi connectivity index (χ2n) is 6.07. The summed E-state index contributed by atoms with van der Waals surface area (Å²) in [6.07, 6.45) is 0. The first-order chi connectivity index (χ1) is 11.4. The van der Waals surface area contributed by atoms with E-state index in [-0.39, 0.29) is 31.4 Å². The first-order valence-corrected chi connectivity index (χ1v) is 7.88. The van der Waals surface area contributed by atoms with E-state index < -0.39 is 5.54 Å². The van der Waals surface area contributed by atoms with Crippen molar-refractivity contribution in [3.63, 3.8) is 0 Å². The predicted molar refractivity (Wildman–Crippen MR) is 91.9 cm³/mol. The van der Waals surface area contributed by atoms with Crippen LogP contribution >= 0.6 is 0 Å². The molecule has 0 aromatic heterocycles. The monoisotopic (exact) mass is 330 g/mol. The Labute approximate surface area is 141 Å². The Morgan fingerprint density at radius 3 is 2.54 bits per heavy atom. The Hall–Kier alpha value is -2.24. The van der Waals surface area contributed by atoms with Crippen LogP contribution < -0.4 is 10.6 Å². The maximum absolute atomic E-state index is 13.5. The molecule has 0 aliphatic rings. The Morgan fingerprint density at radius 1 is 1.21 bits per heavy atom. The largest absolute Gasteiger partial charge is 0.394 e. The van der Waals surface area contributed by atoms with Crippen LogP contribution in [0.1, 0.15) is 23.6 Å². The molecule has 0 heterocycles. The molecule has 128 valence electrons. The SMILES string of the molecule is Cc1ccc(CNC(=O)CN[C@@](C)(CO)c2ccccc2)cc1F. The van der Waals surface area contributed by atoms with Crippen molar-refractivity contribution in [3.05, 3.63) is 71.0 Å². The van der Waals surface area contributed by atoms with Crippen molar-refractivity contribution in [1.29, 1.82) is 0 Å². The van der Waals surface area contributed by atoms with Crippen LogP contribution in [-0.4, -0.2) is 24.2 Å². The number of aliphatic hydroxyl groups is 1. The summed E-state index contributed by atoms with van der Waals surface area (Å²) in [4.78, 5) is 12.0. The first-order valence-electron chi connectivity index (χ1n) is 7.88. The van der Waals surface area contributed by atoms with Gasteiger partial charge < -0.3 is 10.4 Å². The molecule has 2 rings (SSSR count). The van der Waals surface area contributed by atoms with Crippen molar-refractivity contribution in [2.45, 2.75) is 25.9 Å². The van der Waals surface area contributed by atoms with Gasteiger partial charge in [0.15, 0.2) is 0 Å². The number of nitrogens with one attached hydrogen (secondary N) is 2. The Morgan fingerprint density at radius 2 is 1.92 bits per heavy atom. The highest BCUT2D eigenvalue weighted by Gasteiger charge is 2.25. The van der Waals surface area contributed by atoms with Gasteiger partial charge in [0.25, 0.3) is 0 Å². The molecular formula is C19H23FN2O2. The van der Waals surface area contributed by atoms with E-state index in [1.54, 1.807) is 19.1 Å². The average molecular weight is 330 g/mol. The molecule has 0 aliphatic carbocycles. The van der Waals surface area contributed by atoms with Crippen molar-refractivity contribution < 1.29 is 14.3 Å². The second kappa shape index (κ2) is 8.04. The van der Waals surface area contributed by atoms with E-state index in [4.69, 9.17) is 0 Å². The number of amides is 1. The van der Waals surface area contributed by atoms with Gasteiger partial charge in [0.05, 0.1) is 18.7 Å². The van der Waals surface area contributed by atoms with Gasteiger partial charge in [-0.05, 0) is 36.6 Å². The van der Waals surface area contributed by atoms with Crippen LogP contribution in [0.3, 0.4) is 0 Å². The van der Waals surface area contributed by atoms with Crippen LogP contribution in [0.4, 0.5) is 4.39 Å². The first kappa shape index (κ1) is 18.1. The topological polar surface area (TPSA) is 61.4 Å². The summed E-state index contributed by atoms with van der Waals surface area (Å²) in [6, 6.07) is 14.4. The van der Waals surface area contributed by atoms with Crippen LogP contribution in [0, 0.1) is 12.7 Å². The maximum atomic E-state index is 13.5. The fourth-order valence-electron chi connectivity index (χ4n) is 2.34. The van der Waals surface area contributed by atoms with Gasteiger partial charge in [-0.25, -0.2) is 4.39 Å². The molecule has 0 aliphatic heterocycles. The third-order valence-corrected chi connectivity index (χ3v) is 4.09. The van der Waals surface area contributed by atoms with Crippen molar-refractivity contribution in [3.8, 4) is 0 Å². The Kier molecular flexibility index (Phi) is 6.06. The highest BCUT2D eigenvalue weighted by molar-refractivity contribution is 5.78. The number of hydrogen-bond acceptors (Lipinski definition) is 3. The number of carbonyl (C=O) groups is 1. The molecule has 2 aromatic rings. The minimum Gasteiger partial charge on any atom is -0.394 e. The molecule has 24 heavy (non-hydrogen) atoms. The van der Waals surface area contributed by atoms with Crippen molar-refractivity contribution in [2.75, 3.05) is 13.2 Å². The summed E-state index contributed by atoms with van der Waals surface area (Å²) in [5.41, 5.74) is 1.49. The molecule has 3 N–H and O–H groups in total. The molecule has 0 fully saturated rings. The molecule has 0 radical (unpaired) electrons. The average Bonchev–Trinajstić information content (AvgIpc) is 2.61. The van der Waals surface area contributed by atoms with E-state index in [1.165, 1.54) is 6.07 Å². The molecule has 0 saturated carbocycles. The predicted octanol–water partition coefficient (Wildman–Crippen LogP) is 2.25. The highest BCUT2D eigenvalue weighted by Crippen LogP contribution is 2.19. The van der Waals surface area contributed by atoms with E-state index in [0.29, 0.717) is 11.1 Å². The molecular weight excluding hydrogens is 307 g/mol. The molecule has 0 bridgehead atoms. The van der Waals surface area contributed by atoms with Gasteiger partial charge in [-0.15, -0.1) is 0 Å². The lowest BCUT2D eigenvalue weighted by atomic mass is 9.93. The van der Waals surface area contributed by atoms with Gasteiger partial charge in [0.2, 0.25) is 5.91 Å². The number of carbonyl (C=O) groups excluding carboxylic acids is 1. The lowest BCUT2D eigenvalue weighted by molar-refractivity contribution is -0.120. The van der Waals surface area contributed by atoms with Crippen LogP contribution in [0.2, 0.25) is 0 Å². The van der Waals surface area contributed by atoms with E-state index in [9.17, 15) is 14.3 Å². The van der Waals surface area contributed by atoms with E-state index in [0.717, 1.165) is 5.56 Å². The summed E-state index contributed by atoms with van der Waals surface area (Å²) >= 11 is 0. The van der Waals surface area contributed by atoms with Gasteiger partial charge in [-0.1, -0.05) is 42.5 Å². The fourth-order valence-corrected chi connectivity index (χ4v) is 2.34. The van der Waals surface area contributed by atoms with Gasteiger partial charge >= 0.3 is 0 Å². The quantitative estimate of drug-likeness (QED) is 0.730. The smallest absolute Gasteiger partial charge is 0.234 e. The zero-order valence-corrected chi connectivity index (χ0v) is 14.0. The molecule has 4 nitrogen and oxygen atoms in total.